The van der Waals surface area contributed by atoms with Crippen LogP contribution in [0.5, 0.6) is 0 Å². The summed E-state index contributed by atoms with van der Waals surface area (Å²) in [7, 11) is 0. The van der Waals surface area contributed by atoms with Gasteiger partial charge in [-0.2, -0.15) is 0 Å². The van der Waals surface area contributed by atoms with Crippen molar-refractivity contribution >= 4 is 34.6 Å². The molecular weight excluding hydrogens is 356 g/mol. The third kappa shape index (κ3) is 5.12. The van der Waals surface area contributed by atoms with Gasteiger partial charge in [0.05, 0.1) is 17.0 Å². The number of carbonyl (C=O) groups is 2. The van der Waals surface area contributed by atoms with Crippen molar-refractivity contribution in [3.63, 3.8) is 0 Å². The minimum Gasteiger partial charge on any atom is -0.455 e. The maximum atomic E-state index is 12.0. The van der Waals surface area contributed by atoms with Crippen LogP contribution in [0.3, 0.4) is 0 Å². The molecule has 0 unspecified atom stereocenters. The lowest BCUT2D eigenvalue weighted by atomic mass is 9.86. The van der Waals surface area contributed by atoms with Crippen molar-refractivity contribution < 1.29 is 14.3 Å². The molecule has 1 N–H and O–H groups in total. The Hall–Kier alpha value is -1.73. The number of nitrogens with one attached hydrogen (secondary N) is 1. The molecule has 134 valence electrons. The standard InChI is InChI=1S/C18H22N2O3S2/c1-12-5-2-3-6-14(12)20-16(21)10-23-17(22)9-13-11-25-18(19-13)15-7-4-8-24-15/h4,7-8,11-12,14H,2-3,5-6,9-10H2,1H3,(H,20,21)/t12-,14+/m0/s1. The van der Waals surface area contributed by atoms with Gasteiger partial charge in [-0.15, -0.1) is 22.7 Å². The highest BCUT2D eigenvalue weighted by atomic mass is 32.1. The molecule has 0 radical (unpaired) electrons. The van der Waals surface area contributed by atoms with E-state index in [0.29, 0.717) is 11.6 Å². The number of esters is 1. The summed E-state index contributed by atoms with van der Waals surface area (Å²) < 4.78 is 5.10. The van der Waals surface area contributed by atoms with Crippen LogP contribution in [0.15, 0.2) is 22.9 Å². The Bertz CT molecular complexity index is 712. The smallest absolute Gasteiger partial charge is 0.312 e. The fourth-order valence-electron chi connectivity index (χ4n) is 3.03. The zero-order valence-corrected chi connectivity index (χ0v) is 15.8. The van der Waals surface area contributed by atoms with Gasteiger partial charge in [0.1, 0.15) is 5.01 Å². The van der Waals surface area contributed by atoms with Crippen molar-refractivity contribution in [1.82, 2.24) is 10.3 Å². The number of amides is 1. The first-order valence-corrected chi connectivity index (χ1v) is 10.3. The Kier molecular flexibility index (Phi) is 6.20. The van der Waals surface area contributed by atoms with Gasteiger partial charge in [0.15, 0.2) is 6.61 Å². The quantitative estimate of drug-likeness (QED) is 0.779. The fraction of sp³-hybridized carbons (Fsp3) is 0.500. The van der Waals surface area contributed by atoms with Crippen LogP contribution < -0.4 is 5.32 Å². The second kappa shape index (κ2) is 8.58. The van der Waals surface area contributed by atoms with Gasteiger partial charge >= 0.3 is 5.97 Å². The summed E-state index contributed by atoms with van der Waals surface area (Å²) in [6.07, 6.45) is 4.61. The van der Waals surface area contributed by atoms with E-state index in [-0.39, 0.29) is 25.0 Å². The average molecular weight is 379 g/mol. The normalized spacial score (nSPS) is 20.2. The Morgan fingerprint density at radius 2 is 2.16 bits per heavy atom. The maximum Gasteiger partial charge on any atom is 0.312 e. The number of nitrogens with zero attached hydrogens (tertiary/aromatic N) is 1. The molecule has 1 aliphatic rings. The zero-order valence-electron chi connectivity index (χ0n) is 14.2. The summed E-state index contributed by atoms with van der Waals surface area (Å²) in [5, 5.41) is 7.74. The van der Waals surface area contributed by atoms with Crippen LogP contribution in [0.2, 0.25) is 0 Å². The fourth-order valence-corrected chi connectivity index (χ4v) is 4.66. The number of hydrogen-bond acceptors (Lipinski definition) is 6. The van der Waals surface area contributed by atoms with Crippen LogP contribution in [0.25, 0.3) is 9.88 Å². The zero-order chi connectivity index (χ0) is 17.6. The number of carbonyl (C=O) groups excluding carboxylic acids is 2. The molecule has 3 rings (SSSR count). The van der Waals surface area contributed by atoms with E-state index >= 15 is 0 Å². The molecule has 5 nitrogen and oxygen atoms in total. The van der Waals surface area contributed by atoms with E-state index in [9.17, 15) is 9.59 Å². The summed E-state index contributed by atoms with van der Waals surface area (Å²) in [6.45, 7) is 1.94. The predicted molar refractivity (Wildman–Crippen MR) is 99.7 cm³/mol. The summed E-state index contributed by atoms with van der Waals surface area (Å²) in [5.41, 5.74) is 0.680. The number of rotatable bonds is 6. The van der Waals surface area contributed by atoms with Crippen molar-refractivity contribution in [3.05, 3.63) is 28.6 Å². The van der Waals surface area contributed by atoms with Gasteiger partial charge in [-0.1, -0.05) is 25.8 Å². The molecule has 0 aromatic carbocycles. The Morgan fingerprint density at radius 3 is 2.92 bits per heavy atom. The van der Waals surface area contributed by atoms with Crippen LogP contribution in [-0.2, 0) is 20.7 Å². The van der Waals surface area contributed by atoms with Crippen molar-refractivity contribution in [2.24, 2.45) is 5.92 Å². The van der Waals surface area contributed by atoms with E-state index in [2.05, 4.69) is 17.2 Å². The average Bonchev–Trinajstić information content (AvgIpc) is 3.26. The number of thiophene rings is 1. The highest BCUT2D eigenvalue weighted by molar-refractivity contribution is 7.20. The number of hydrogen-bond donors (Lipinski definition) is 1. The van der Waals surface area contributed by atoms with Gasteiger partial charge in [-0.3, -0.25) is 9.59 Å². The van der Waals surface area contributed by atoms with Gasteiger partial charge in [0, 0.05) is 11.4 Å². The van der Waals surface area contributed by atoms with E-state index < -0.39 is 5.97 Å². The van der Waals surface area contributed by atoms with E-state index in [0.717, 1.165) is 29.1 Å². The molecule has 1 amide bonds. The lowest BCUT2D eigenvalue weighted by Gasteiger charge is -2.29. The first kappa shape index (κ1) is 18.1. The van der Waals surface area contributed by atoms with Gasteiger partial charge in [-0.05, 0) is 30.2 Å². The maximum absolute atomic E-state index is 12.0. The van der Waals surface area contributed by atoms with Gasteiger partial charge in [-0.25, -0.2) is 4.98 Å². The highest BCUT2D eigenvalue weighted by Crippen LogP contribution is 2.28. The minimum absolute atomic E-state index is 0.0922. The van der Waals surface area contributed by atoms with Crippen molar-refractivity contribution in [3.8, 4) is 9.88 Å². The Balaban J connectivity index is 1.42. The van der Waals surface area contributed by atoms with E-state index in [1.54, 1.807) is 11.3 Å². The van der Waals surface area contributed by atoms with Crippen molar-refractivity contribution in [2.75, 3.05) is 6.61 Å². The number of thiazole rings is 1. The van der Waals surface area contributed by atoms with Gasteiger partial charge in [0.2, 0.25) is 0 Å². The Labute approximate surface area is 155 Å². The molecule has 0 bridgehead atoms. The molecule has 2 atom stereocenters. The lowest BCUT2D eigenvalue weighted by molar-refractivity contribution is -0.148. The first-order valence-electron chi connectivity index (χ1n) is 8.55. The van der Waals surface area contributed by atoms with Crippen LogP contribution in [0.4, 0.5) is 0 Å². The molecule has 0 spiro atoms. The molecule has 2 aromatic heterocycles. The molecular formula is C18H22N2O3S2. The molecule has 1 fully saturated rings. The van der Waals surface area contributed by atoms with Gasteiger partial charge < -0.3 is 10.1 Å². The second-order valence-electron chi connectivity index (χ2n) is 6.39. The van der Waals surface area contributed by atoms with Gasteiger partial charge in [0.25, 0.3) is 5.91 Å². The monoisotopic (exact) mass is 378 g/mol. The van der Waals surface area contributed by atoms with E-state index in [1.807, 2.05) is 22.9 Å². The second-order valence-corrected chi connectivity index (χ2v) is 8.20. The third-order valence-corrected chi connectivity index (χ3v) is 6.36. The third-order valence-electron chi connectivity index (χ3n) is 4.43. The number of ether oxygens (including phenoxy) is 1. The molecule has 25 heavy (non-hydrogen) atoms. The first-order chi connectivity index (χ1) is 12.1. The SMILES string of the molecule is C[C@H]1CCCC[C@H]1NC(=O)COC(=O)Cc1csc(-c2cccs2)n1. The van der Waals surface area contributed by atoms with E-state index in [4.69, 9.17) is 4.74 Å². The lowest BCUT2D eigenvalue weighted by Crippen LogP contribution is -2.42. The largest absolute Gasteiger partial charge is 0.455 e. The van der Waals surface area contributed by atoms with Crippen LogP contribution >= 0.6 is 22.7 Å². The van der Waals surface area contributed by atoms with E-state index in [1.165, 1.54) is 17.8 Å². The molecule has 1 aliphatic carbocycles. The molecule has 2 aromatic rings. The molecule has 1 saturated carbocycles. The summed E-state index contributed by atoms with van der Waals surface area (Å²) in [5.74, 6) is -0.154. The predicted octanol–water partition coefficient (Wildman–Crippen LogP) is 3.65. The van der Waals surface area contributed by atoms with Crippen LogP contribution in [0.1, 0.15) is 38.3 Å². The number of aromatic nitrogens is 1. The van der Waals surface area contributed by atoms with Crippen LogP contribution in [0, 0.1) is 5.92 Å². The minimum atomic E-state index is -0.421. The topological polar surface area (TPSA) is 68.3 Å². The molecule has 7 heteroatoms. The summed E-state index contributed by atoms with van der Waals surface area (Å²) in [4.78, 5) is 29.4. The summed E-state index contributed by atoms with van der Waals surface area (Å²) >= 11 is 3.13. The highest BCUT2D eigenvalue weighted by Gasteiger charge is 2.23. The van der Waals surface area contributed by atoms with Crippen LogP contribution in [-0.4, -0.2) is 29.5 Å². The molecule has 0 saturated heterocycles. The molecule has 2 heterocycles. The molecule has 0 aliphatic heterocycles. The van der Waals surface area contributed by atoms with Crippen molar-refractivity contribution in [1.29, 1.82) is 0 Å². The summed E-state index contributed by atoms with van der Waals surface area (Å²) in [6, 6.07) is 4.18. The Morgan fingerprint density at radius 1 is 1.32 bits per heavy atom. The van der Waals surface area contributed by atoms with Crippen molar-refractivity contribution in [2.45, 2.75) is 45.1 Å².